The number of nitrogens with one attached hydrogen (secondary N) is 1. The number of hydrogen-bond donors (Lipinski definition) is 1. The van der Waals surface area contributed by atoms with Crippen LogP contribution in [0.5, 0.6) is 0 Å². The van der Waals surface area contributed by atoms with Crippen LogP contribution in [-0.2, 0) is 9.84 Å². The summed E-state index contributed by atoms with van der Waals surface area (Å²) in [6.07, 6.45) is 1.14. The summed E-state index contributed by atoms with van der Waals surface area (Å²) in [5, 5.41) is 3.32. The van der Waals surface area contributed by atoms with Gasteiger partial charge in [-0.15, -0.1) is 0 Å². The number of nitrogens with zero attached hydrogens (tertiary/aromatic N) is 1. The highest BCUT2D eigenvalue weighted by atomic mass is 32.2. The summed E-state index contributed by atoms with van der Waals surface area (Å²) in [7, 11) is -2.95. The summed E-state index contributed by atoms with van der Waals surface area (Å²) in [5.41, 5.74) is 0.0278. The van der Waals surface area contributed by atoms with Crippen molar-refractivity contribution in [1.82, 2.24) is 10.2 Å². The molecule has 0 bridgehead atoms. The van der Waals surface area contributed by atoms with Crippen molar-refractivity contribution in [2.45, 2.75) is 64.8 Å². The molecule has 0 aromatic carbocycles. The number of hydrogen-bond acceptors (Lipinski definition) is 4. The van der Waals surface area contributed by atoms with Crippen LogP contribution in [0.4, 0.5) is 0 Å². The largest absolute Gasteiger partial charge is 0.311 e. The maximum absolute atomic E-state index is 12.0. The van der Waals surface area contributed by atoms with Crippen molar-refractivity contribution in [3.05, 3.63) is 0 Å². The molecule has 1 fully saturated rings. The van der Waals surface area contributed by atoms with E-state index in [1.165, 1.54) is 0 Å². The Morgan fingerprint density at radius 2 is 1.85 bits per heavy atom. The molecule has 1 saturated heterocycles. The fourth-order valence-corrected chi connectivity index (χ4v) is 3.62. The lowest BCUT2D eigenvalue weighted by Gasteiger charge is -2.46. The first-order valence-corrected chi connectivity index (χ1v) is 9.46. The van der Waals surface area contributed by atoms with E-state index in [2.05, 4.69) is 37.9 Å². The summed E-state index contributed by atoms with van der Waals surface area (Å²) in [5.74, 6) is 0.928. The van der Waals surface area contributed by atoms with E-state index in [-0.39, 0.29) is 16.5 Å². The van der Waals surface area contributed by atoms with Gasteiger partial charge in [-0.05, 0) is 40.0 Å². The summed E-state index contributed by atoms with van der Waals surface area (Å²) in [6, 6.07) is 0.477. The van der Waals surface area contributed by atoms with E-state index in [9.17, 15) is 8.42 Å². The predicted molar refractivity (Wildman–Crippen MR) is 85.8 cm³/mol. The Morgan fingerprint density at radius 3 is 2.35 bits per heavy atom. The molecule has 0 aromatic rings. The molecule has 1 unspecified atom stereocenters. The third-order valence-corrected chi connectivity index (χ3v) is 6.43. The maximum atomic E-state index is 12.0. The molecule has 4 nitrogen and oxygen atoms in total. The Kier molecular flexibility index (Phi) is 6.05. The number of rotatable bonds is 6. The molecule has 0 amide bonds. The Balaban J connectivity index is 2.64. The third kappa shape index (κ3) is 5.01. The second kappa shape index (κ2) is 6.75. The molecule has 20 heavy (non-hydrogen) atoms. The zero-order valence-corrected chi connectivity index (χ0v) is 14.8. The lowest BCUT2D eigenvalue weighted by molar-refractivity contribution is 0.0671. The zero-order valence-electron chi connectivity index (χ0n) is 13.9. The van der Waals surface area contributed by atoms with Crippen LogP contribution in [0.25, 0.3) is 0 Å². The smallest absolute Gasteiger partial charge is 0.153 e. The molecule has 0 aromatic heterocycles. The molecule has 1 aliphatic heterocycles. The molecule has 1 rings (SSSR count). The Labute approximate surface area is 125 Å². The number of piperazine rings is 1. The van der Waals surface area contributed by atoms with E-state index in [1.807, 2.05) is 0 Å². The quantitative estimate of drug-likeness (QED) is 0.814. The second-order valence-corrected chi connectivity index (χ2v) is 10.1. The van der Waals surface area contributed by atoms with Crippen LogP contribution >= 0.6 is 0 Å². The van der Waals surface area contributed by atoms with Gasteiger partial charge in [0.25, 0.3) is 0 Å². The van der Waals surface area contributed by atoms with Gasteiger partial charge >= 0.3 is 0 Å². The van der Waals surface area contributed by atoms with Crippen molar-refractivity contribution < 1.29 is 8.42 Å². The average Bonchev–Trinajstić information content (AvgIpc) is 2.29. The van der Waals surface area contributed by atoms with E-state index < -0.39 is 9.84 Å². The van der Waals surface area contributed by atoms with Crippen LogP contribution in [0.2, 0.25) is 0 Å². The normalized spacial score (nSPS) is 24.5. The van der Waals surface area contributed by atoms with E-state index in [0.29, 0.717) is 18.5 Å². The summed E-state index contributed by atoms with van der Waals surface area (Å²) >= 11 is 0. The molecule has 0 radical (unpaired) electrons. The molecular formula is C15H32N2O2S. The van der Waals surface area contributed by atoms with Crippen LogP contribution < -0.4 is 5.32 Å². The summed E-state index contributed by atoms with van der Waals surface area (Å²) in [4.78, 5) is 2.34. The first-order valence-electron chi connectivity index (χ1n) is 7.74. The van der Waals surface area contributed by atoms with Crippen LogP contribution in [0.15, 0.2) is 0 Å². The SMILES string of the molecule is CC(C)CC1CN(CCS(=O)(=O)C(C)C)C(C)(C)CN1. The molecule has 0 aliphatic carbocycles. The van der Waals surface area contributed by atoms with Crippen molar-refractivity contribution in [2.24, 2.45) is 5.92 Å². The molecule has 0 spiro atoms. The first kappa shape index (κ1) is 17.9. The third-order valence-electron chi connectivity index (χ3n) is 4.24. The Morgan fingerprint density at radius 1 is 1.25 bits per heavy atom. The zero-order chi connectivity index (χ0) is 15.6. The molecule has 120 valence electrons. The highest BCUT2D eigenvalue weighted by Crippen LogP contribution is 2.21. The molecule has 1 heterocycles. The number of sulfone groups is 1. The molecule has 0 saturated carbocycles. The monoisotopic (exact) mass is 304 g/mol. The van der Waals surface area contributed by atoms with Crippen molar-refractivity contribution in [3.8, 4) is 0 Å². The fraction of sp³-hybridized carbons (Fsp3) is 1.00. The molecule has 1 atom stereocenters. The topological polar surface area (TPSA) is 49.4 Å². The maximum Gasteiger partial charge on any atom is 0.153 e. The fourth-order valence-electron chi connectivity index (χ4n) is 2.68. The van der Waals surface area contributed by atoms with Crippen LogP contribution in [0.3, 0.4) is 0 Å². The van der Waals surface area contributed by atoms with Crippen LogP contribution in [0.1, 0.15) is 48.0 Å². The lowest BCUT2D eigenvalue weighted by atomic mass is 9.94. The minimum atomic E-state index is -2.95. The van der Waals surface area contributed by atoms with E-state index >= 15 is 0 Å². The summed E-state index contributed by atoms with van der Waals surface area (Å²) in [6.45, 7) is 14.9. The average molecular weight is 305 g/mol. The first-order chi connectivity index (χ1) is 9.04. The van der Waals surface area contributed by atoms with Crippen molar-refractivity contribution >= 4 is 9.84 Å². The highest BCUT2D eigenvalue weighted by molar-refractivity contribution is 7.92. The molecule has 1 N–H and O–H groups in total. The predicted octanol–water partition coefficient (Wildman–Crippen LogP) is 1.91. The Bertz CT molecular complexity index is 402. The van der Waals surface area contributed by atoms with Gasteiger partial charge < -0.3 is 5.32 Å². The minimum absolute atomic E-state index is 0.0278. The molecule has 1 aliphatic rings. The van der Waals surface area contributed by atoms with Gasteiger partial charge in [-0.3, -0.25) is 4.90 Å². The van der Waals surface area contributed by atoms with Gasteiger partial charge in [0.2, 0.25) is 0 Å². The highest BCUT2D eigenvalue weighted by Gasteiger charge is 2.34. The van der Waals surface area contributed by atoms with Crippen molar-refractivity contribution in [3.63, 3.8) is 0 Å². The van der Waals surface area contributed by atoms with Gasteiger partial charge in [-0.25, -0.2) is 8.42 Å². The molecular weight excluding hydrogens is 272 g/mol. The van der Waals surface area contributed by atoms with Gasteiger partial charge in [-0.1, -0.05) is 13.8 Å². The van der Waals surface area contributed by atoms with Gasteiger partial charge in [0, 0.05) is 31.2 Å². The minimum Gasteiger partial charge on any atom is -0.311 e. The standard InChI is InChI=1S/C15H32N2O2S/c1-12(2)9-14-10-17(15(5,6)11-16-14)7-8-20(18,19)13(3)4/h12-14,16H,7-11H2,1-6H3. The molecule has 5 heteroatoms. The van der Waals surface area contributed by atoms with Crippen molar-refractivity contribution in [1.29, 1.82) is 0 Å². The van der Waals surface area contributed by atoms with Gasteiger partial charge in [0.1, 0.15) is 0 Å². The second-order valence-electron chi connectivity index (χ2n) is 7.38. The van der Waals surface area contributed by atoms with E-state index in [4.69, 9.17) is 0 Å². The Hall–Kier alpha value is -0.130. The van der Waals surface area contributed by atoms with Crippen LogP contribution in [0, 0.1) is 5.92 Å². The summed E-state index contributed by atoms with van der Waals surface area (Å²) < 4.78 is 24.0. The van der Waals surface area contributed by atoms with Gasteiger partial charge in [-0.2, -0.15) is 0 Å². The van der Waals surface area contributed by atoms with Gasteiger partial charge in [0.15, 0.2) is 9.84 Å². The van der Waals surface area contributed by atoms with E-state index in [1.54, 1.807) is 13.8 Å². The van der Waals surface area contributed by atoms with Crippen LogP contribution in [-0.4, -0.2) is 55.5 Å². The van der Waals surface area contributed by atoms with E-state index in [0.717, 1.165) is 19.5 Å². The van der Waals surface area contributed by atoms with Gasteiger partial charge in [0.05, 0.1) is 11.0 Å². The lowest BCUT2D eigenvalue weighted by Crippen LogP contribution is -2.62. The van der Waals surface area contributed by atoms with Crippen molar-refractivity contribution in [2.75, 3.05) is 25.4 Å².